The van der Waals surface area contributed by atoms with Gasteiger partial charge in [0.2, 0.25) is 0 Å². The topological polar surface area (TPSA) is 15.6 Å². The molecule has 0 saturated carbocycles. The first-order valence-corrected chi connectivity index (χ1v) is 13.9. The van der Waals surface area contributed by atoms with Crippen LogP contribution in [0.4, 0.5) is 0 Å². The fraction of sp³-hybridized carbons (Fsp3) is 0.917. The minimum absolute atomic E-state index is 0.484. The Labute approximate surface area is 113 Å². The minimum atomic E-state index is -1.28. The molecule has 1 heterocycles. The van der Waals surface area contributed by atoms with Gasteiger partial charge >= 0.3 is 0 Å². The third-order valence-electron chi connectivity index (χ3n) is 4.06. The summed E-state index contributed by atoms with van der Waals surface area (Å²) in [6, 6.07) is 4.13. The summed E-state index contributed by atoms with van der Waals surface area (Å²) in [5.74, 6) is 1.18. The summed E-state index contributed by atoms with van der Waals surface area (Å²) < 4.78 is 2.94. The predicted molar refractivity (Wildman–Crippen MR) is 87.1 cm³/mol. The Hall–Kier alpha value is 0.414. The average molecular weight is 289 g/mol. The predicted octanol–water partition coefficient (Wildman–Crippen LogP) is 4.23. The van der Waals surface area contributed by atoms with E-state index in [4.69, 9.17) is 4.99 Å². The summed E-state index contributed by atoms with van der Waals surface area (Å²) in [6.45, 7) is 14.7. The van der Waals surface area contributed by atoms with Gasteiger partial charge in [0, 0.05) is 5.75 Å². The molecule has 0 spiro atoms. The summed E-state index contributed by atoms with van der Waals surface area (Å²) in [5, 5.41) is 0. The molecule has 17 heavy (non-hydrogen) atoms. The quantitative estimate of drug-likeness (QED) is 0.680. The molecule has 0 radical (unpaired) electrons. The van der Waals surface area contributed by atoms with Crippen LogP contribution in [0.15, 0.2) is 4.99 Å². The third-order valence-corrected chi connectivity index (χ3v) is 15.3. The van der Waals surface area contributed by atoms with E-state index in [1.54, 1.807) is 0 Å². The summed E-state index contributed by atoms with van der Waals surface area (Å²) in [6.07, 6.45) is 0.484. The van der Waals surface area contributed by atoms with Gasteiger partial charge in [-0.3, -0.25) is 4.99 Å². The van der Waals surface area contributed by atoms with Gasteiger partial charge in [-0.05, 0) is 18.1 Å². The highest BCUT2D eigenvalue weighted by Gasteiger charge is 2.45. The minimum Gasteiger partial charge on any atom is -0.324 e. The van der Waals surface area contributed by atoms with Crippen LogP contribution in [0.2, 0.25) is 37.8 Å². The van der Waals surface area contributed by atoms with E-state index in [-0.39, 0.29) is 0 Å². The summed E-state index contributed by atoms with van der Waals surface area (Å²) in [5.41, 5.74) is 2.07. The van der Waals surface area contributed by atoms with Gasteiger partial charge in [0.1, 0.15) is 22.6 Å². The van der Waals surface area contributed by atoms with E-state index in [1.165, 1.54) is 23.9 Å². The molecule has 2 nitrogen and oxygen atoms in total. The zero-order valence-electron chi connectivity index (χ0n) is 12.3. The zero-order chi connectivity index (χ0) is 13.1. The molecular weight excluding hydrogens is 260 g/mol. The monoisotopic (exact) mass is 288 g/mol. The van der Waals surface area contributed by atoms with Crippen LogP contribution in [-0.2, 0) is 0 Å². The fourth-order valence-corrected chi connectivity index (χ4v) is 15.6. The number of aliphatic imine (C=N–C) groups is 1. The second kappa shape index (κ2) is 6.04. The van der Waals surface area contributed by atoms with Crippen molar-refractivity contribution in [3.8, 4) is 0 Å². The van der Waals surface area contributed by atoms with Crippen molar-refractivity contribution in [2.45, 2.75) is 64.7 Å². The molecule has 1 unspecified atom stereocenters. The standard InChI is InChI=1S/C12H28N2SSi2/c1-7-17(8-2,9-3)14(16(4,5)6)12-10-15-11-13-12/h11-12H,7-10H2,1-6H3. The number of hydrogen-bond acceptors (Lipinski definition) is 3. The Kier molecular flexibility index (Phi) is 5.49. The maximum Gasteiger partial charge on any atom is 0.122 e. The molecule has 1 atom stereocenters. The van der Waals surface area contributed by atoms with Gasteiger partial charge < -0.3 is 4.23 Å². The van der Waals surface area contributed by atoms with E-state index >= 15 is 0 Å². The summed E-state index contributed by atoms with van der Waals surface area (Å²) in [7, 11) is -2.56. The molecule has 0 fully saturated rings. The Morgan fingerprint density at radius 3 is 2.00 bits per heavy atom. The number of nitrogens with zero attached hydrogens (tertiary/aromatic N) is 2. The van der Waals surface area contributed by atoms with Crippen molar-refractivity contribution in [2.75, 3.05) is 5.75 Å². The van der Waals surface area contributed by atoms with E-state index in [0.29, 0.717) is 6.17 Å². The second-order valence-corrected chi connectivity index (χ2v) is 17.1. The van der Waals surface area contributed by atoms with Crippen LogP contribution in [0.3, 0.4) is 0 Å². The molecule has 5 heteroatoms. The van der Waals surface area contributed by atoms with Crippen LogP contribution in [0.1, 0.15) is 20.8 Å². The number of hydrogen-bond donors (Lipinski definition) is 0. The first kappa shape index (κ1) is 15.5. The lowest BCUT2D eigenvalue weighted by Gasteiger charge is -2.50. The molecule has 1 aliphatic rings. The average Bonchev–Trinajstić information content (AvgIpc) is 2.77. The van der Waals surface area contributed by atoms with Crippen molar-refractivity contribution >= 4 is 33.8 Å². The number of rotatable bonds is 6. The van der Waals surface area contributed by atoms with Gasteiger partial charge in [-0.25, -0.2) is 0 Å². The van der Waals surface area contributed by atoms with Crippen LogP contribution in [0, 0.1) is 0 Å². The summed E-state index contributed by atoms with van der Waals surface area (Å²) >= 11 is 1.89. The lowest BCUT2D eigenvalue weighted by atomic mass is 10.6. The number of thioether (sulfide) groups is 1. The fourth-order valence-electron chi connectivity index (χ4n) is 3.16. The zero-order valence-corrected chi connectivity index (χ0v) is 15.1. The van der Waals surface area contributed by atoms with Crippen LogP contribution < -0.4 is 0 Å². The van der Waals surface area contributed by atoms with Gasteiger partial charge in [-0.15, -0.1) is 11.8 Å². The van der Waals surface area contributed by atoms with Crippen LogP contribution in [0.25, 0.3) is 0 Å². The molecule has 1 rings (SSSR count). The maximum absolute atomic E-state index is 4.75. The molecular formula is C12H28N2SSi2. The Morgan fingerprint density at radius 1 is 1.18 bits per heavy atom. The Morgan fingerprint density at radius 2 is 1.71 bits per heavy atom. The third kappa shape index (κ3) is 3.25. The Balaban J connectivity index is 3.07. The molecule has 100 valence electrons. The van der Waals surface area contributed by atoms with Crippen molar-refractivity contribution in [1.82, 2.24) is 4.23 Å². The van der Waals surface area contributed by atoms with Crippen LogP contribution >= 0.6 is 11.8 Å². The van der Waals surface area contributed by atoms with Gasteiger partial charge in [-0.1, -0.05) is 40.4 Å². The summed E-state index contributed by atoms with van der Waals surface area (Å²) in [4.78, 5) is 4.75. The van der Waals surface area contributed by atoms with Crippen molar-refractivity contribution in [3.05, 3.63) is 0 Å². The van der Waals surface area contributed by atoms with Crippen molar-refractivity contribution in [3.63, 3.8) is 0 Å². The Bertz CT molecular complexity index is 264. The van der Waals surface area contributed by atoms with E-state index in [9.17, 15) is 0 Å². The van der Waals surface area contributed by atoms with Crippen LogP contribution in [0.5, 0.6) is 0 Å². The first-order chi connectivity index (χ1) is 7.91. The van der Waals surface area contributed by atoms with Crippen LogP contribution in [-0.4, -0.2) is 38.2 Å². The highest BCUT2D eigenvalue weighted by molar-refractivity contribution is 8.12. The largest absolute Gasteiger partial charge is 0.324 e. The van der Waals surface area contributed by atoms with E-state index in [2.05, 4.69) is 50.2 Å². The molecule has 0 aromatic heterocycles. The van der Waals surface area contributed by atoms with Gasteiger partial charge in [0.15, 0.2) is 0 Å². The van der Waals surface area contributed by atoms with E-state index in [0.717, 1.165) is 0 Å². The SMILES string of the molecule is CC[Si](CC)(CC)N(C1CSC=N1)[Si](C)(C)C. The van der Waals surface area contributed by atoms with E-state index in [1.807, 2.05) is 11.8 Å². The normalized spacial score (nSPS) is 21.5. The molecule has 0 N–H and O–H groups in total. The lowest BCUT2D eigenvalue weighted by molar-refractivity contribution is 0.490. The maximum atomic E-state index is 4.75. The highest BCUT2D eigenvalue weighted by atomic mass is 32.2. The molecule has 0 aliphatic carbocycles. The smallest absolute Gasteiger partial charge is 0.122 e. The van der Waals surface area contributed by atoms with Crippen molar-refractivity contribution < 1.29 is 0 Å². The highest BCUT2D eigenvalue weighted by Crippen LogP contribution is 2.34. The second-order valence-electron chi connectivity index (χ2n) is 5.89. The molecule has 0 amide bonds. The van der Waals surface area contributed by atoms with Gasteiger partial charge in [-0.2, -0.15) is 0 Å². The van der Waals surface area contributed by atoms with Gasteiger partial charge in [0.05, 0.1) is 5.55 Å². The lowest BCUT2D eigenvalue weighted by Crippen LogP contribution is -2.66. The first-order valence-electron chi connectivity index (χ1n) is 6.84. The van der Waals surface area contributed by atoms with Gasteiger partial charge in [0.25, 0.3) is 0 Å². The molecule has 0 aromatic carbocycles. The molecule has 0 aromatic rings. The van der Waals surface area contributed by atoms with Crippen molar-refractivity contribution in [2.24, 2.45) is 4.99 Å². The molecule has 0 saturated heterocycles. The molecule has 0 bridgehead atoms. The van der Waals surface area contributed by atoms with E-state index < -0.39 is 16.5 Å². The van der Waals surface area contributed by atoms with Crippen molar-refractivity contribution in [1.29, 1.82) is 0 Å². The molecule has 1 aliphatic heterocycles.